The predicted octanol–water partition coefficient (Wildman–Crippen LogP) is 3.41. The van der Waals surface area contributed by atoms with Gasteiger partial charge in [-0.05, 0) is 17.7 Å². The molecule has 1 aliphatic rings. The van der Waals surface area contributed by atoms with Gasteiger partial charge in [0.1, 0.15) is 13.2 Å². The summed E-state index contributed by atoms with van der Waals surface area (Å²) < 4.78 is 12.1. The van der Waals surface area contributed by atoms with E-state index in [-0.39, 0.29) is 0 Å². The van der Waals surface area contributed by atoms with E-state index in [1.165, 1.54) is 5.56 Å². The first-order valence-electron chi connectivity index (χ1n) is 6.40. The van der Waals surface area contributed by atoms with Crippen LogP contribution in [0.5, 0.6) is 11.5 Å². The molecule has 104 valence electrons. The Kier molecular flexibility index (Phi) is 3.69. The molecule has 3 rings (SSSR count). The highest BCUT2D eigenvalue weighted by Crippen LogP contribution is 2.37. The van der Waals surface area contributed by atoms with Crippen molar-refractivity contribution in [3.8, 4) is 11.5 Å². The molecule has 4 nitrogen and oxygen atoms in total. The van der Waals surface area contributed by atoms with Gasteiger partial charge in [-0.15, -0.1) is 0 Å². The third-order valence-electron chi connectivity index (χ3n) is 3.11. The first-order valence-corrected chi connectivity index (χ1v) is 7.19. The minimum absolute atomic E-state index is 0.568. The van der Waals surface area contributed by atoms with Crippen molar-refractivity contribution >= 4 is 27.3 Å². The van der Waals surface area contributed by atoms with Crippen LogP contribution in [0.3, 0.4) is 0 Å². The predicted molar refractivity (Wildman–Crippen MR) is 83.3 cm³/mol. The van der Waals surface area contributed by atoms with Crippen molar-refractivity contribution in [2.45, 2.75) is 6.54 Å². The maximum absolute atomic E-state index is 6.03. The first-order chi connectivity index (χ1) is 9.72. The van der Waals surface area contributed by atoms with Crippen molar-refractivity contribution in [1.29, 1.82) is 0 Å². The molecular weight excluding hydrogens is 320 g/mol. The molecule has 0 atom stereocenters. The van der Waals surface area contributed by atoms with E-state index in [0.29, 0.717) is 31.2 Å². The minimum atomic E-state index is 0.568. The summed E-state index contributed by atoms with van der Waals surface area (Å²) in [4.78, 5) is 0. The van der Waals surface area contributed by atoms with Crippen LogP contribution in [0.4, 0.5) is 11.4 Å². The highest BCUT2D eigenvalue weighted by Gasteiger charge is 2.14. The molecule has 0 aromatic heterocycles. The zero-order valence-corrected chi connectivity index (χ0v) is 12.4. The summed E-state index contributed by atoms with van der Waals surface area (Å²) in [5, 5.41) is 3.32. The lowest BCUT2D eigenvalue weighted by Crippen LogP contribution is -2.16. The normalized spacial score (nSPS) is 13.1. The number of halogens is 1. The summed E-state index contributed by atoms with van der Waals surface area (Å²) in [6, 6.07) is 11.9. The Labute approximate surface area is 126 Å². The van der Waals surface area contributed by atoms with Crippen LogP contribution in [-0.2, 0) is 6.54 Å². The van der Waals surface area contributed by atoms with Crippen molar-refractivity contribution in [2.24, 2.45) is 0 Å². The van der Waals surface area contributed by atoms with Gasteiger partial charge in [-0.25, -0.2) is 0 Å². The van der Waals surface area contributed by atoms with Gasteiger partial charge in [-0.2, -0.15) is 0 Å². The molecule has 5 heteroatoms. The van der Waals surface area contributed by atoms with E-state index >= 15 is 0 Å². The highest BCUT2D eigenvalue weighted by molar-refractivity contribution is 9.10. The zero-order valence-electron chi connectivity index (χ0n) is 10.9. The molecule has 1 aliphatic heterocycles. The van der Waals surface area contributed by atoms with Gasteiger partial charge in [0.05, 0.1) is 11.4 Å². The first kappa shape index (κ1) is 13.1. The smallest absolute Gasteiger partial charge is 0.163 e. The number of ether oxygens (including phenoxy) is 2. The van der Waals surface area contributed by atoms with Crippen molar-refractivity contribution in [1.82, 2.24) is 0 Å². The third-order valence-corrected chi connectivity index (χ3v) is 3.64. The molecule has 0 unspecified atom stereocenters. The largest absolute Gasteiger partial charge is 0.486 e. The summed E-state index contributed by atoms with van der Waals surface area (Å²) in [5.74, 6) is 1.45. The Hall–Kier alpha value is -1.88. The molecule has 0 saturated carbocycles. The van der Waals surface area contributed by atoms with Crippen molar-refractivity contribution in [2.75, 3.05) is 24.3 Å². The van der Waals surface area contributed by atoms with Crippen molar-refractivity contribution in [3.05, 3.63) is 46.4 Å². The Morgan fingerprint density at radius 1 is 1.05 bits per heavy atom. The molecule has 0 bridgehead atoms. The third kappa shape index (κ3) is 2.82. The maximum Gasteiger partial charge on any atom is 0.163 e. The van der Waals surface area contributed by atoms with E-state index in [1.54, 1.807) is 6.07 Å². The van der Waals surface area contributed by atoms with Crippen LogP contribution in [0.25, 0.3) is 0 Å². The molecule has 0 amide bonds. The molecule has 1 heterocycles. The van der Waals surface area contributed by atoms with Crippen LogP contribution in [0, 0.1) is 0 Å². The summed E-state index contributed by atoms with van der Waals surface area (Å²) in [7, 11) is 0. The lowest BCUT2D eigenvalue weighted by Gasteiger charge is -2.20. The molecule has 2 aromatic rings. The molecule has 0 aliphatic carbocycles. The topological polar surface area (TPSA) is 56.5 Å². The fourth-order valence-electron chi connectivity index (χ4n) is 2.06. The standard InChI is InChI=1S/C15H15BrN2O2/c16-11-3-1-10(2-4-11)9-18-13-8-15-14(7-12(13)17)19-5-6-20-15/h1-4,7-8,18H,5-6,9,17H2. The van der Waals surface area contributed by atoms with E-state index in [4.69, 9.17) is 15.2 Å². The second-order valence-electron chi connectivity index (χ2n) is 4.56. The Morgan fingerprint density at radius 3 is 2.40 bits per heavy atom. The number of hydrogen-bond donors (Lipinski definition) is 2. The summed E-state index contributed by atoms with van der Waals surface area (Å²) in [5.41, 5.74) is 8.73. The van der Waals surface area contributed by atoms with E-state index in [1.807, 2.05) is 18.2 Å². The van der Waals surface area contributed by atoms with Gasteiger partial charge < -0.3 is 20.5 Å². The molecule has 0 radical (unpaired) electrons. The van der Waals surface area contributed by atoms with Gasteiger partial charge in [0, 0.05) is 23.2 Å². The molecule has 0 saturated heterocycles. The van der Waals surface area contributed by atoms with E-state index in [0.717, 1.165) is 15.9 Å². The van der Waals surface area contributed by atoms with Crippen LogP contribution < -0.4 is 20.5 Å². The molecule has 0 spiro atoms. The second-order valence-corrected chi connectivity index (χ2v) is 5.48. The summed E-state index contributed by atoms with van der Waals surface area (Å²) >= 11 is 3.42. The Balaban J connectivity index is 1.75. The quantitative estimate of drug-likeness (QED) is 0.844. The molecule has 0 fully saturated rings. The Bertz CT molecular complexity index is 614. The summed E-state index contributed by atoms with van der Waals surface area (Å²) in [6.45, 7) is 1.85. The fourth-order valence-corrected chi connectivity index (χ4v) is 2.32. The summed E-state index contributed by atoms with van der Waals surface area (Å²) in [6.07, 6.45) is 0. The van der Waals surface area contributed by atoms with Crippen LogP contribution in [-0.4, -0.2) is 13.2 Å². The van der Waals surface area contributed by atoms with E-state index < -0.39 is 0 Å². The lowest BCUT2D eigenvalue weighted by molar-refractivity contribution is 0.172. The number of fused-ring (bicyclic) bond motifs is 1. The fraction of sp³-hybridized carbons (Fsp3) is 0.200. The molecule has 2 aromatic carbocycles. The van der Waals surface area contributed by atoms with Crippen molar-refractivity contribution in [3.63, 3.8) is 0 Å². The van der Waals surface area contributed by atoms with Crippen LogP contribution >= 0.6 is 15.9 Å². The number of nitrogens with one attached hydrogen (secondary N) is 1. The molecular formula is C15H15BrN2O2. The number of rotatable bonds is 3. The zero-order chi connectivity index (χ0) is 13.9. The van der Waals surface area contributed by atoms with E-state index in [9.17, 15) is 0 Å². The minimum Gasteiger partial charge on any atom is -0.486 e. The second kappa shape index (κ2) is 5.63. The number of anilines is 2. The maximum atomic E-state index is 6.03. The number of nitrogens with two attached hydrogens (primary N) is 1. The SMILES string of the molecule is Nc1cc2c(cc1NCc1ccc(Br)cc1)OCCO2. The van der Waals surface area contributed by atoms with Gasteiger partial charge in [-0.1, -0.05) is 28.1 Å². The van der Waals surface area contributed by atoms with Gasteiger partial charge in [0.15, 0.2) is 11.5 Å². The number of benzene rings is 2. The van der Waals surface area contributed by atoms with Crippen LogP contribution in [0.15, 0.2) is 40.9 Å². The lowest BCUT2D eigenvalue weighted by atomic mass is 10.2. The number of hydrogen-bond acceptors (Lipinski definition) is 4. The Morgan fingerprint density at radius 2 is 1.70 bits per heavy atom. The highest BCUT2D eigenvalue weighted by atomic mass is 79.9. The number of nitrogen functional groups attached to an aromatic ring is 1. The van der Waals surface area contributed by atoms with Crippen LogP contribution in [0.1, 0.15) is 5.56 Å². The monoisotopic (exact) mass is 334 g/mol. The van der Waals surface area contributed by atoms with Crippen LogP contribution in [0.2, 0.25) is 0 Å². The molecule has 3 N–H and O–H groups in total. The average molecular weight is 335 g/mol. The van der Waals surface area contributed by atoms with Crippen molar-refractivity contribution < 1.29 is 9.47 Å². The van der Waals surface area contributed by atoms with Gasteiger partial charge in [-0.3, -0.25) is 0 Å². The molecule has 20 heavy (non-hydrogen) atoms. The van der Waals surface area contributed by atoms with E-state index in [2.05, 4.69) is 33.4 Å². The average Bonchev–Trinajstić information content (AvgIpc) is 2.47. The van der Waals surface area contributed by atoms with Gasteiger partial charge in [0.25, 0.3) is 0 Å². The van der Waals surface area contributed by atoms with Gasteiger partial charge >= 0.3 is 0 Å². The van der Waals surface area contributed by atoms with Gasteiger partial charge in [0.2, 0.25) is 0 Å².